The molecule has 2 N–H and O–H groups in total. The molecule has 0 aliphatic carbocycles. The third kappa shape index (κ3) is 5.89. The first-order chi connectivity index (χ1) is 14.7. The summed E-state index contributed by atoms with van der Waals surface area (Å²) in [5, 5.41) is 0. The Morgan fingerprint density at radius 2 is 1.87 bits per heavy atom. The third-order valence-electron chi connectivity index (χ3n) is 5.35. The summed E-state index contributed by atoms with van der Waals surface area (Å²) in [5.41, 5.74) is 3.61. The topological polar surface area (TPSA) is 95.6 Å². The second-order valence-electron chi connectivity index (χ2n) is 7.83. The van der Waals surface area contributed by atoms with Gasteiger partial charge in [0.1, 0.15) is 5.82 Å². The number of nitrogens with one attached hydrogen (secondary N) is 2. The van der Waals surface area contributed by atoms with E-state index >= 15 is 0 Å². The number of carbonyl (C=O) groups is 2. The normalized spacial score (nSPS) is 16.7. The van der Waals surface area contributed by atoms with Gasteiger partial charge in [-0.3, -0.25) is 15.0 Å². The van der Waals surface area contributed by atoms with E-state index in [1.807, 2.05) is 30.3 Å². The van der Waals surface area contributed by atoms with Gasteiger partial charge in [-0.05, 0) is 54.5 Å². The molecule has 0 saturated carbocycles. The van der Waals surface area contributed by atoms with Crippen molar-refractivity contribution in [3.8, 4) is 11.1 Å². The quantitative estimate of drug-likeness (QED) is 0.666. The molecular weight excluding hydrogens is 421 g/mol. The Morgan fingerprint density at radius 1 is 1.16 bits per heavy atom. The van der Waals surface area contributed by atoms with Crippen LogP contribution in [0.4, 0.5) is 4.39 Å². The van der Waals surface area contributed by atoms with E-state index in [2.05, 4.69) is 10.3 Å². The molecule has 1 fully saturated rings. The summed E-state index contributed by atoms with van der Waals surface area (Å²) in [6, 6.07) is 12.2. The summed E-state index contributed by atoms with van der Waals surface area (Å²) in [4.78, 5) is 27.8. The highest BCUT2D eigenvalue weighted by molar-refractivity contribution is 7.89. The minimum atomic E-state index is -3.86. The van der Waals surface area contributed by atoms with E-state index in [0.717, 1.165) is 12.0 Å². The minimum Gasteiger partial charge on any atom is -0.343 e. The predicted octanol–water partition coefficient (Wildman–Crippen LogP) is 2.62. The fraction of sp³-hybridized carbons (Fsp3) is 0.364. The van der Waals surface area contributed by atoms with Crippen LogP contribution in [-0.2, 0) is 14.8 Å². The number of benzene rings is 2. The SMILES string of the molecule is CC(=O)N1CCCC(CS(=O)(=O)NNC(=O)c2cc(-c3ccccc3)cc(C)c2F)C1. The second kappa shape index (κ2) is 9.57. The summed E-state index contributed by atoms with van der Waals surface area (Å²) < 4.78 is 39.4. The first kappa shape index (κ1) is 22.9. The molecule has 31 heavy (non-hydrogen) atoms. The average molecular weight is 448 g/mol. The van der Waals surface area contributed by atoms with Crippen LogP contribution in [0.5, 0.6) is 0 Å². The molecule has 1 saturated heterocycles. The zero-order chi connectivity index (χ0) is 22.6. The number of amides is 2. The van der Waals surface area contributed by atoms with Crippen molar-refractivity contribution in [2.75, 3.05) is 18.8 Å². The number of carbonyl (C=O) groups excluding carboxylic acids is 2. The van der Waals surface area contributed by atoms with Crippen molar-refractivity contribution >= 4 is 21.8 Å². The molecule has 1 aliphatic heterocycles. The van der Waals surface area contributed by atoms with Crippen molar-refractivity contribution in [3.63, 3.8) is 0 Å². The summed E-state index contributed by atoms with van der Waals surface area (Å²) >= 11 is 0. The maximum Gasteiger partial charge on any atom is 0.269 e. The average Bonchev–Trinajstić information content (AvgIpc) is 2.74. The number of likely N-dealkylation sites (tertiary alicyclic amines) is 1. The number of nitrogens with zero attached hydrogens (tertiary/aromatic N) is 1. The van der Waals surface area contributed by atoms with Crippen molar-refractivity contribution in [1.29, 1.82) is 0 Å². The number of aryl methyl sites for hydroxylation is 1. The van der Waals surface area contributed by atoms with E-state index in [9.17, 15) is 22.4 Å². The standard InChI is InChI=1S/C22H26FN3O4S/c1-15-11-19(18-8-4-3-5-9-18)12-20(21(15)23)22(28)24-25-31(29,30)14-17-7-6-10-26(13-17)16(2)27/h3-5,8-9,11-12,17,25H,6-7,10,13-14H2,1-2H3,(H,24,28). The molecule has 1 atom stereocenters. The van der Waals surface area contributed by atoms with Crippen LogP contribution in [0.25, 0.3) is 11.1 Å². The smallest absolute Gasteiger partial charge is 0.269 e. The summed E-state index contributed by atoms with van der Waals surface area (Å²) in [6.07, 6.45) is 1.40. The van der Waals surface area contributed by atoms with Crippen LogP contribution in [0.1, 0.15) is 35.7 Å². The van der Waals surface area contributed by atoms with Gasteiger partial charge in [-0.25, -0.2) is 12.8 Å². The zero-order valence-corrected chi connectivity index (χ0v) is 18.3. The number of rotatable bonds is 6. The Kier molecular flexibility index (Phi) is 7.07. The lowest BCUT2D eigenvalue weighted by atomic mass is 9.99. The molecule has 3 rings (SSSR count). The van der Waals surface area contributed by atoms with Crippen LogP contribution in [0.3, 0.4) is 0 Å². The van der Waals surface area contributed by atoms with Crippen LogP contribution in [0, 0.1) is 18.7 Å². The van der Waals surface area contributed by atoms with Gasteiger partial charge in [-0.2, -0.15) is 0 Å². The molecule has 1 unspecified atom stereocenters. The Bertz CT molecular complexity index is 1070. The Labute approximate surface area is 181 Å². The van der Waals surface area contributed by atoms with Gasteiger partial charge < -0.3 is 4.90 Å². The molecule has 1 heterocycles. The van der Waals surface area contributed by atoms with E-state index in [0.29, 0.717) is 25.1 Å². The fourth-order valence-corrected chi connectivity index (χ4v) is 4.99. The van der Waals surface area contributed by atoms with Gasteiger partial charge in [-0.15, -0.1) is 4.83 Å². The number of hydrogen-bond acceptors (Lipinski definition) is 4. The molecule has 2 aromatic rings. The molecular formula is C22H26FN3O4S. The molecule has 0 spiro atoms. The highest BCUT2D eigenvalue weighted by Crippen LogP contribution is 2.25. The van der Waals surface area contributed by atoms with Gasteiger partial charge >= 0.3 is 0 Å². The van der Waals surface area contributed by atoms with Crippen molar-refractivity contribution in [3.05, 3.63) is 59.4 Å². The molecule has 2 amide bonds. The highest BCUT2D eigenvalue weighted by atomic mass is 32.2. The molecule has 0 bridgehead atoms. The number of hydrazine groups is 1. The number of halogens is 1. The molecule has 166 valence electrons. The van der Waals surface area contributed by atoms with Gasteiger partial charge in [0.15, 0.2) is 0 Å². The Morgan fingerprint density at radius 3 is 2.55 bits per heavy atom. The molecule has 1 aliphatic rings. The number of hydrogen-bond donors (Lipinski definition) is 2. The van der Waals surface area contributed by atoms with Crippen LogP contribution in [0.2, 0.25) is 0 Å². The van der Waals surface area contributed by atoms with Crippen molar-refractivity contribution in [2.45, 2.75) is 26.7 Å². The highest BCUT2D eigenvalue weighted by Gasteiger charge is 2.27. The van der Waals surface area contributed by atoms with E-state index in [4.69, 9.17) is 0 Å². The lowest BCUT2D eigenvalue weighted by Gasteiger charge is -2.31. The van der Waals surface area contributed by atoms with E-state index < -0.39 is 21.7 Å². The van der Waals surface area contributed by atoms with Gasteiger partial charge in [0.2, 0.25) is 15.9 Å². The summed E-state index contributed by atoms with van der Waals surface area (Å²) in [5.74, 6) is -2.14. The Balaban J connectivity index is 1.69. The van der Waals surface area contributed by atoms with Gasteiger partial charge in [0.25, 0.3) is 5.91 Å². The molecule has 9 heteroatoms. The van der Waals surface area contributed by atoms with Crippen LogP contribution in [-0.4, -0.2) is 44.0 Å². The first-order valence-electron chi connectivity index (χ1n) is 10.1. The lowest BCUT2D eigenvalue weighted by Crippen LogP contribution is -2.46. The molecule has 7 nitrogen and oxygen atoms in total. The van der Waals surface area contributed by atoms with Crippen LogP contribution < -0.4 is 10.3 Å². The zero-order valence-electron chi connectivity index (χ0n) is 17.5. The number of sulfonamides is 1. The monoisotopic (exact) mass is 447 g/mol. The lowest BCUT2D eigenvalue weighted by molar-refractivity contribution is -0.130. The second-order valence-corrected chi connectivity index (χ2v) is 9.60. The van der Waals surface area contributed by atoms with Crippen LogP contribution >= 0.6 is 0 Å². The van der Waals surface area contributed by atoms with E-state index in [1.54, 1.807) is 17.9 Å². The Hall–Kier alpha value is -2.78. The molecule has 0 aromatic heterocycles. The maximum absolute atomic E-state index is 14.6. The van der Waals surface area contributed by atoms with Gasteiger partial charge in [-0.1, -0.05) is 30.3 Å². The molecule has 0 radical (unpaired) electrons. The van der Waals surface area contributed by atoms with Crippen molar-refractivity contribution in [1.82, 2.24) is 15.2 Å². The predicted molar refractivity (Wildman–Crippen MR) is 116 cm³/mol. The molecule has 2 aromatic carbocycles. The summed E-state index contributed by atoms with van der Waals surface area (Å²) in [6.45, 7) is 3.98. The van der Waals surface area contributed by atoms with Crippen molar-refractivity contribution in [2.24, 2.45) is 5.92 Å². The van der Waals surface area contributed by atoms with E-state index in [1.165, 1.54) is 13.0 Å². The van der Waals surface area contributed by atoms with Gasteiger partial charge in [0.05, 0.1) is 11.3 Å². The van der Waals surface area contributed by atoms with Crippen molar-refractivity contribution < 1.29 is 22.4 Å². The van der Waals surface area contributed by atoms with E-state index in [-0.39, 0.29) is 28.7 Å². The summed E-state index contributed by atoms with van der Waals surface area (Å²) in [7, 11) is -3.86. The minimum absolute atomic E-state index is 0.0903. The van der Waals surface area contributed by atoms with Gasteiger partial charge in [0, 0.05) is 20.0 Å². The maximum atomic E-state index is 14.6. The number of piperidine rings is 1. The first-order valence-corrected chi connectivity index (χ1v) is 11.7. The van der Waals surface area contributed by atoms with Crippen LogP contribution in [0.15, 0.2) is 42.5 Å². The largest absolute Gasteiger partial charge is 0.343 e. The third-order valence-corrected chi connectivity index (χ3v) is 6.67. The fourth-order valence-electron chi connectivity index (χ4n) is 3.76.